The summed E-state index contributed by atoms with van der Waals surface area (Å²) in [6, 6.07) is 13.2. The molecule has 0 saturated carbocycles. The molecule has 1 saturated heterocycles. The number of thioether (sulfide) groups is 1. The lowest BCUT2D eigenvalue weighted by atomic mass is 9.97. The van der Waals surface area contributed by atoms with Crippen molar-refractivity contribution in [1.82, 2.24) is 4.90 Å². The lowest BCUT2D eigenvalue weighted by Crippen LogP contribution is -2.57. The molecule has 0 spiro atoms. The molecule has 2 heterocycles. The van der Waals surface area contributed by atoms with Gasteiger partial charge >= 0.3 is 0 Å². The van der Waals surface area contributed by atoms with Crippen LogP contribution in [0, 0.1) is 0 Å². The highest BCUT2D eigenvalue weighted by molar-refractivity contribution is 7.98. The molecule has 0 aliphatic carbocycles. The van der Waals surface area contributed by atoms with E-state index in [0.717, 1.165) is 48.6 Å². The van der Waals surface area contributed by atoms with Crippen LogP contribution in [0.1, 0.15) is 46.9 Å². The van der Waals surface area contributed by atoms with Gasteiger partial charge in [-0.2, -0.15) is 0 Å². The van der Waals surface area contributed by atoms with E-state index >= 15 is 0 Å². The van der Waals surface area contributed by atoms with Crippen molar-refractivity contribution in [2.75, 3.05) is 29.6 Å². The van der Waals surface area contributed by atoms with Crippen molar-refractivity contribution < 1.29 is 9.59 Å². The number of nitrogens with one attached hydrogen (secondary N) is 1. The molecule has 28 heavy (non-hydrogen) atoms. The number of hydrogen-bond donors (Lipinski definition) is 1. The van der Waals surface area contributed by atoms with Crippen LogP contribution < -0.4 is 10.2 Å². The average Bonchev–Trinajstić information content (AvgIpc) is 2.74. The number of benzene rings is 2. The summed E-state index contributed by atoms with van der Waals surface area (Å²) in [4.78, 5) is 31.1. The number of carbonyl (C=O) groups excluding carboxylic acids is 2. The first-order valence-corrected chi connectivity index (χ1v) is 11.0. The molecule has 1 N–H and O–H groups in total. The molecule has 2 aliphatic rings. The molecule has 6 heteroatoms. The van der Waals surface area contributed by atoms with E-state index in [0.29, 0.717) is 11.1 Å². The number of amides is 2. The van der Waals surface area contributed by atoms with E-state index in [1.807, 2.05) is 41.5 Å². The van der Waals surface area contributed by atoms with Gasteiger partial charge in [-0.05, 0) is 68.8 Å². The maximum atomic E-state index is 13.0. The summed E-state index contributed by atoms with van der Waals surface area (Å²) in [6.45, 7) is 3.72. The van der Waals surface area contributed by atoms with Crippen molar-refractivity contribution in [3.8, 4) is 0 Å². The molecule has 1 fully saturated rings. The first-order chi connectivity index (χ1) is 13.6. The van der Waals surface area contributed by atoms with Crippen LogP contribution in [0.15, 0.2) is 47.4 Å². The summed E-state index contributed by atoms with van der Waals surface area (Å²) in [6.07, 6.45) is 5.29. The van der Waals surface area contributed by atoms with Gasteiger partial charge in [0.15, 0.2) is 0 Å². The zero-order valence-electron chi connectivity index (χ0n) is 16.3. The smallest absolute Gasteiger partial charge is 0.257 e. The van der Waals surface area contributed by atoms with E-state index < -0.39 is 0 Å². The normalized spacial score (nSPS) is 18.5. The monoisotopic (exact) mass is 395 g/mol. The Balaban J connectivity index is 1.64. The Bertz CT molecular complexity index is 914. The highest BCUT2D eigenvalue weighted by Crippen LogP contribution is 2.35. The van der Waals surface area contributed by atoms with E-state index in [4.69, 9.17) is 0 Å². The highest BCUT2D eigenvalue weighted by atomic mass is 32.2. The molecule has 1 atom stereocenters. The van der Waals surface area contributed by atoms with Crippen molar-refractivity contribution in [3.05, 3.63) is 53.6 Å². The van der Waals surface area contributed by atoms with Crippen LogP contribution >= 0.6 is 11.8 Å². The number of nitrogens with zero attached hydrogens (tertiary/aromatic N) is 2. The van der Waals surface area contributed by atoms with Gasteiger partial charge in [-0.1, -0.05) is 6.07 Å². The van der Waals surface area contributed by atoms with Crippen LogP contribution in [0.4, 0.5) is 11.4 Å². The number of piperidine rings is 1. The summed E-state index contributed by atoms with van der Waals surface area (Å²) in [5.41, 5.74) is 2.92. The van der Waals surface area contributed by atoms with Crippen molar-refractivity contribution in [1.29, 1.82) is 0 Å². The predicted molar refractivity (Wildman–Crippen MR) is 114 cm³/mol. The molecule has 2 amide bonds. The largest absolute Gasteiger partial charge is 0.351 e. The average molecular weight is 396 g/mol. The minimum Gasteiger partial charge on any atom is -0.351 e. The van der Waals surface area contributed by atoms with Gasteiger partial charge in [0.05, 0.1) is 11.3 Å². The van der Waals surface area contributed by atoms with Crippen molar-refractivity contribution >= 4 is 35.0 Å². The van der Waals surface area contributed by atoms with Crippen LogP contribution in [0.5, 0.6) is 0 Å². The first-order valence-electron chi connectivity index (χ1n) is 9.79. The van der Waals surface area contributed by atoms with Crippen molar-refractivity contribution in [2.45, 2.75) is 37.2 Å². The van der Waals surface area contributed by atoms with Crippen LogP contribution in [0.2, 0.25) is 0 Å². The second kappa shape index (κ2) is 7.87. The van der Waals surface area contributed by atoms with Gasteiger partial charge in [0.25, 0.3) is 11.8 Å². The van der Waals surface area contributed by atoms with Crippen LogP contribution in [-0.2, 0) is 0 Å². The topological polar surface area (TPSA) is 52.7 Å². The number of rotatable bonds is 4. The first kappa shape index (κ1) is 18.9. The summed E-state index contributed by atoms with van der Waals surface area (Å²) in [7, 11) is 0. The molecular weight excluding hydrogens is 370 g/mol. The molecular formula is C22H25N3O2S. The van der Waals surface area contributed by atoms with Gasteiger partial charge in [0.1, 0.15) is 6.17 Å². The zero-order valence-corrected chi connectivity index (χ0v) is 17.1. The van der Waals surface area contributed by atoms with Gasteiger partial charge < -0.3 is 15.1 Å². The summed E-state index contributed by atoms with van der Waals surface area (Å²) in [5, 5.41) is 2.97. The fourth-order valence-corrected chi connectivity index (χ4v) is 4.63. The zero-order chi connectivity index (χ0) is 19.7. The minimum atomic E-state index is -0.157. The minimum absolute atomic E-state index is 0.0871. The maximum Gasteiger partial charge on any atom is 0.257 e. The van der Waals surface area contributed by atoms with Crippen LogP contribution in [0.25, 0.3) is 0 Å². The van der Waals surface area contributed by atoms with Gasteiger partial charge in [-0.15, -0.1) is 11.8 Å². The van der Waals surface area contributed by atoms with Gasteiger partial charge in [0, 0.05) is 29.2 Å². The molecule has 4 rings (SSSR count). The lowest BCUT2D eigenvalue weighted by Gasteiger charge is -2.47. The Hall–Kier alpha value is -2.47. The fourth-order valence-electron chi connectivity index (χ4n) is 4.17. The third-order valence-electron chi connectivity index (χ3n) is 5.56. The highest BCUT2D eigenvalue weighted by Gasteiger charge is 2.38. The number of fused-ring (bicyclic) bond motifs is 2. The second-order valence-corrected chi connectivity index (χ2v) is 8.06. The quantitative estimate of drug-likeness (QED) is 0.777. The molecule has 2 aromatic rings. The van der Waals surface area contributed by atoms with Gasteiger partial charge in [0.2, 0.25) is 0 Å². The Morgan fingerprint density at radius 2 is 2.07 bits per heavy atom. The Kier molecular flexibility index (Phi) is 5.31. The van der Waals surface area contributed by atoms with E-state index in [-0.39, 0.29) is 18.0 Å². The number of carbonyl (C=O) groups is 2. The van der Waals surface area contributed by atoms with E-state index in [1.54, 1.807) is 23.9 Å². The van der Waals surface area contributed by atoms with Crippen molar-refractivity contribution in [3.63, 3.8) is 0 Å². The third-order valence-corrected chi connectivity index (χ3v) is 6.29. The third kappa shape index (κ3) is 3.37. The molecule has 5 nitrogen and oxygen atoms in total. The second-order valence-electron chi connectivity index (χ2n) is 7.18. The van der Waals surface area contributed by atoms with Crippen LogP contribution in [0.3, 0.4) is 0 Å². The summed E-state index contributed by atoms with van der Waals surface area (Å²) < 4.78 is 0. The summed E-state index contributed by atoms with van der Waals surface area (Å²) in [5.74, 6) is -0.0698. The van der Waals surface area contributed by atoms with Crippen molar-refractivity contribution in [2.24, 2.45) is 0 Å². The Morgan fingerprint density at radius 1 is 1.21 bits per heavy atom. The lowest BCUT2D eigenvalue weighted by molar-refractivity contribution is 0.0582. The number of hydrogen-bond acceptors (Lipinski definition) is 4. The molecule has 1 unspecified atom stereocenters. The molecule has 2 aliphatic heterocycles. The van der Waals surface area contributed by atoms with E-state index in [1.165, 1.54) is 0 Å². The Labute approximate surface area is 170 Å². The molecule has 0 radical (unpaired) electrons. The Morgan fingerprint density at radius 3 is 2.86 bits per heavy atom. The van der Waals surface area contributed by atoms with Crippen LogP contribution in [-0.4, -0.2) is 42.2 Å². The summed E-state index contributed by atoms with van der Waals surface area (Å²) >= 11 is 1.64. The van der Waals surface area contributed by atoms with Gasteiger partial charge in [-0.3, -0.25) is 9.59 Å². The maximum absolute atomic E-state index is 13.0. The predicted octanol–water partition coefficient (Wildman–Crippen LogP) is 4.45. The SMILES string of the molecule is CCN1c2cc(C(=O)Nc3cccc(SC)c3)ccc2C(=O)N2CCCCC21. The van der Waals surface area contributed by atoms with E-state index in [2.05, 4.69) is 17.1 Å². The molecule has 0 aromatic heterocycles. The van der Waals surface area contributed by atoms with Gasteiger partial charge in [-0.25, -0.2) is 0 Å². The standard InChI is InChI=1S/C22H25N3O2S/c1-3-24-19-13-15(21(26)23-16-7-6-8-17(14-16)28-2)10-11-18(19)22(27)25-12-5-4-9-20(24)25/h6-8,10-11,13-14,20H,3-5,9,12H2,1-2H3,(H,23,26). The number of anilines is 2. The molecule has 0 bridgehead atoms. The fraction of sp³-hybridized carbons (Fsp3) is 0.364. The molecule has 2 aromatic carbocycles. The van der Waals surface area contributed by atoms with E-state index in [9.17, 15) is 9.59 Å². The molecule has 146 valence electrons.